The third-order valence-electron chi connectivity index (χ3n) is 2.19. The van der Waals surface area contributed by atoms with E-state index in [-0.39, 0.29) is 0 Å². The highest BCUT2D eigenvalue weighted by molar-refractivity contribution is 5.79. The number of methoxy groups -OCH3 is 1. The quantitative estimate of drug-likeness (QED) is 0.733. The van der Waals surface area contributed by atoms with Crippen LogP contribution in [0.2, 0.25) is 0 Å². The molecule has 0 aromatic carbocycles. The first kappa shape index (κ1) is 10.3. The molecule has 80 valence electrons. The molecule has 0 aliphatic carbocycles. The van der Waals surface area contributed by atoms with Gasteiger partial charge in [0.2, 0.25) is 5.88 Å². The molecule has 2 aromatic heterocycles. The molecule has 0 fully saturated rings. The van der Waals surface area contributed by atoms with Gasteiger partial charge >= 0.3 is 0 Å². The fraction of sp³-hybridized carbons (Fsp3) is 0.0833. The molecule has 0 saturated carbocycles. The average Bonchev–Trinajstić information content (AvgIpc) is 2.39. The zero-order valence-electron chi connectivity index (χ0n) is 8.75. The monoisotopic (exact) mass is 214 g/mol. The van der Waals surface area contributed by atoms with Gasteiger partial charge in [-0.3, -0.25) is 9.78 Å². The molecule has 0 unspecified atom stereocenters. The van der Waals surface area contributed by atoms with Gasteiger partial charge in [-0.25, -0.2) is 4.98 Å². The first-order valence-corrected chi connectivity index (χ1v) is 4.76. The molecule has 2 aromatic rings. The summed E-state index contributed by atoms with van der Waals surface area (Å²) in [6, 6.07) is 7.17. The maximum atomic E-state index is 10.7. The van der Waals surface area contributed by atoms with Crippen molar-refractivity contribution < 1.29 is 9.53 Å². The van der Waals surface area contributed by atoms with Gasteiger partial charge in [0.25, 0.3) is 0 Å². The van der Waals surface area contributed by atoms with Gasteiger partial charge in [-0.15, -0.1) is 0 Å². The zero-order chi connectivity index (χ0) is 11.4. The van der Waals surface area contributed by atoms with Crippen LogP contribution in [0.1, 0.15) is 10.4 Å². The summed E-state index contributed by atoms with van der Waals surface area (Å²) in [6.45, 7) is 0. The van der Waals surface area contributed by atoms with Crippen LogP contribution >= 0.6 is 0 Å². The lowest BCUT2D eigenvalue weighted by Crippen LogP contribution is -1.95. The van der Waals surface area contributed by atoms with E-state index in [4.69, 9.17) is 4.74 Å². The Balaban J connectivity index is 2.48. The largest absolute Gasteiger partial charge is 0.480 e. The molecular formula is C12H10N2O2. The van der Waals surface area contributed by atoms with Gasteiger partial charge in [0.05, 0.1) is 18.4 Å². The topological polar surface area (TPSA) is 52.1 Å². The van der Waals surface area contributed by atoms with Crippen LogP contribution < -0.4 is 4.74 Å². The minimum Gasteiger partial charge on any atom is -0.480 e. The Kier molecular flexibility index (Phi) is 2.91. The van der Waals surface area contributed by atoms with Gasteiger partial charge in [0.1, 0.15) is 0 Å². The predicted octanol–water partition coefficient (Wildman–Crippen LogP) is 1.96. The van der Waals surface area contributed by atoms with E-state index in [1.54, 1.807) is 24.5 Å². The van der Waals surface area contributed by atoms with Gasteiger partial charge in [0.15, 0.2) is 6.29 Å². The summed E-state index contributed by atoms with van der Waals surface area (Å²) >= 11 is 0. The van der Waals surface area contributed by atoms with Crippen molar-refractivity contribution in [2.45, 2.75) is 0 Å². The SMILES string of the molecule is COc1nc(-c2ccncc2)ccc1C=O. The molecule has 0 aliphatic rings. The lowest BCUT2D eigenvalue weighted by molar-refractivity contribution is 0.112. The highest BCUT2D eigenvalue weighted by Gasteiger charge is 2.06. The van der Waals surface area contributed by atoms with Crippen molar-refractivity contribution in [1.29, 1.82) is 0 Å². The second-order valence-electron chi connectivity index (χ2n) is 3.15. The van der Waals surface area contributed by atoms with Crippen LogP contribution in [0, 0.1) is 0 Å². The predicted molar refractivity (Wildman–Crippen MR) is 59.4 cm³/mol. The smallest absolute Gasteiger partial charge is 0.224 e. The van der Waals surface area contributed by atoms with E-state index in [0.29, 0.717) is 11.4 Å². The number of pyridine rings is 2. The number of nitrogens with zero attached hydrogens (tertiary/aromatic N) is 2. The molecule has 0 bridgehead atoms. The molecule has 2 rings (SSSR count). The number of ether oxygens (including phenoxy) is 1. The highest BCUT2D eigenvalue weighted by atomic mass is 16.5. The summed E-state index contributed by atoms with van der Waals surface area (Å²) < 4.78 is 5.04. The van der Waals surface area contributed by atoms with E-state index in [0.717, 1.165) is 17.5 Å². The number of carbonyl (C=O) groups excluding carboxylic acids is 1. The van der Waals surface area contributed by atoms with E-state index in [9.17, 15) is 4.79 Å². The first-order chi connectivity index (χ1) is 7.85. The van der Waals surface area contributed by atoms with Crippen molar-refractivity contribution in [3.05, 3.63) is 42.2 Å². The molecule has 4 heteroatoms. The van der Waals surface area contributed by atoms with Crippen LogP contribution in [0.25, 0.3) is 11.3 Å². The molecule has 4 nitrogen and oxygen atoms in total. The Morgan fingerprint density at radius 2 is 1.94 bits per heavy atom. The molecule has 0 N–H and O–H groups in total. The Morgan fingerprint density at radius 1 is 1.19 bits per heavy atom. The number of aromatic nitrogens is 2. The Labute approximate surface area is 92.9 Å². The molecule has 16 heavy (non-hydrogen) atoms. The number of carbonyl (C=O) groups is 1. The summed E-state index contributed by atoms with van der Waals surface area (Å²) in [7, 11) is 1.49. The number of rotatable bonds is 3. The van der Waals surface area contributed by atoms with Crippen LogP contribution in [-0.4, -0.2) is 23.4 Å². The molecule has 0 aliphatic heterocycles. The second-order valence-corrected chi connectivity index (χ2v) is 3.15. The Bertz CT molecular complexity index is 498. The molecular weight excluding hydrogens is 204 g/mol. The number of aldehydes is 1. The van der Waals surface area contributed by atoms with Crippen molar-refractivity contribution in [1.82, 2.24) is 9.97 Å². The minimum atomic E-state index is 0.337. The zero-order valence-corrected chi connectivity index (χ0v) is 8.75. The Morgan fingerprint density at radius 3 is 2.56 bits per heavy atom. The summed E-state index contributed by atoms with van der Waals surface area (Å²) in [5.74, 6) is 0.337. The molecule has 2 heterocycles. The summed E-state index contributed by atoms with van der Waals surface area (Å²) in [5.41, 5.74) is 2.14. The first-order valence-electron chi connectivity index (χ1n) is 4.76. The fourth-order valence-electron chi connectivity index (χ4n) is 1.39. The van der Waals surface area contributed by atoms with E-state index >= 15 is 0 Å². The van der Waals surface area contributed by atoms with Crippen LogP contribution in [0.3, 0.4) is 0 Å². The third kappa shape index (κ3) is 1.91. The van der Waals surface area contributed by atoms with Crippen LogP contribution in [0.5, 0.6) is 5.88 Å². The molecule has 0 spiro atoms. The van der Waals surface area contributed by atoms with Gasteiger partial charge in [-0.05, 0) is 24.3 Å². The van der Waals surface area contributed by atoms with Crippen molar-refractivity contribution >= 4 is 6.29 Å². The fourth-order valence-corrected chi connectivity index (χ4v) is 1.39. The van der Waals surface area contributed by atoms with Crippen LogP contribution in [-0.2, 0) is 0 Å². The normalized spacial score (nSPS) is 9.81. The summed E-state index contributed by atoms with van der Waals surface area (Å²) in [4.78, 5) is 18.9. The summed E-state index contributed by atoms with van der Waals surface area (Å²) in [6.07, 6.45) is 4.11. The summed E-state index contributed by atoms with van der Waals surface area (Å²) in [5, 5.41) is 0. The van der Waals surface area contributed by atoms with Gasteiger partial charge in [0, 0.05) is 18.0 Å². The molecule has 0 saturated heterocycles. The van der Waals surface area contributed by atoms with E-state index in [1.165, 1.54) is 7.11 Å². The van der Waals surface area contributed by atoms with Crippen molar-refractivity contribution in [2.24, 2.45) is 0 Å². The van der Waals surface area contributed by atoms with Gasteiger partial charge < -0.3 is 4.74 Å². The average molecular weight is 214 g/mol. The van der Waals surface area contributed by atoms with Gasteiger partial charge in [-0.2, -0.15) is 0 Å². The minimum absolute atomic E-state index is 0.337. The van der Waals surface area contributed by atoms with E-state index in [1.807, 2.05) is 12.1 Å². The molecule has 0 radical (unpaired) electrons. The third-order valence-corrected chi connectivity index (χ3v) is 2.19. The number of hydrogen-bond acceptors (Lipinski definition) is 4. The molecule has 0 atom stereocenters. The van der Waals surface area contributed by atoms with E-state index in [2.05, 4.69) is 9.97 Å². The lowest BCUT2D eigenvalue weighted by Gasteiger charge is -2.05. The van der Waals surface area contributed by atoms with Crippen LogP contribution in [0.4, 0.5) is 0 Å². The number of hydrogen-bond donors (Lipinski definition) is 0. The van der Waals surface area contributed by atoms with Crippen LogP contribution in [0.15, 0.2) is 36.7 Å². The second kappa shape index (κ2) is 4.53. The van der Waals surface area contributed by atoms with Gasteiger partial charge in [-0.1, -0.05) is 0 Å². The lowest BCUT2D eigenvalue weighted by atomic mass is 10.1. The Hall–Kier alpha value is -2.23. The molecule has 0 amide bonds. The maximum Gasteiger partial charge on any atom is 0.224 e. The maximum absolute atomic E-state index is 10.7. The highest BCUT2D eigenvalue weighted by Crippen LogP contribution is 2.21. The standard InChI is InChI=1S/C12H10N2O2/c1-16-12-10(8-15)2-3-11(14-12)9-4-6-13-7-5-9/h2-8H,1H3. The van der Waals surface area contributed by atoms with E-state index < -0.39 is 0 Å². The van der Waals surface area contributed by atoms with Crippen molar-refractivity contribution in [2.75, 3.05) is 7.11 Å². The van der Waals surface area contributed by atoms with Crippen molar-refractivity contribution in [3.63, 3.8) is 0 Å². The van der Waals surface area contributed by atoms with Crippen molar-refractivity contribution in [3.8, 4) is 17.1 Å².